The van der Waals surface area contributed by atoms with E-state index in [4.69, 9.17) is 0 Å². The van der Waals surface area contributed by atoms with Crippen molar-refractivity contribution in [1.82, 2.24) is 10.3 Å². The largest absolute Gasteiger partial charge is 0.507 e. The van der Waals surface area contributed by atoms with Crippen LogP contribution in [0.15, 0.2) is 60.7 Å². The van der Waals surface area contributed by atoms with Crippen LogP contribution in [0.1, 0.15) is 57.6 Å². The highest BCUT2D eigenvalue weighted by molar-refractivity contribution is 6.08. The van der Waals surface area contributed by atoms with E-state index in [1.165, 1.54) is 24.3 Å². The zero-order valence-corrected chi connectivity index (χ0v) is 23.0. The predicted octanol–water partition coefficient (Wildman–Crippen LogP) is 6.48. The predicted molar refractivity (Wildman–Crippen MR) is 149 cm³/mol. The van der Waals surface area contributed by atoms with Crippen molar-refractivity contribution in [1.29, 1.82) is 0 Å². The van der Waals surface area contributed by atoms with E-state index in [9.17, 15) is 46.1 Å². The summed E-state index contributed by atoms with van der Waals surface area (Å²) < 4.78 is 79.4. The summed E-state index contributed by atoms with van der Waals surface area (Å²) in [6.45, 7) is -0.0213. The molecule has 0 aliphatic heterocycles. The van der Waals surface area contributed by atoms with E-state index in [0.717, 1.165) is 30.3 Å². The van der Waals surface area contributed by atoms with Crippen molar-refractivity contribution < 1.29 is 46.1 Å². The maximum absolute atomic E-state index is 13.7. The van der Waals surface area contributed by atoms with Crippen molar-refractivity contribution in [2.24, 2.45) is 0 Å². The molecule has 1 aliphatic rings. The number of nitrogens with one attached hydrogen (secondary N) is 3. The molecule has 3 aromatic carbocycles. The molecule has 4 aromatic rings. The topological polar surface area (TPSA) is 114 Å². The van der Waals surface area contributed by atoms with Gasteiger partial charge in [-0.2, -0.15) is 26.3 Å². The molecular formula is C31H27F6N3O4. The first-order chi connectivity index (χ1) is 20.6. The molecule has 0 bridgehead atoms. The standard InChI is InChI=1S/C31H27F6N3O4/c32-30(33,34)20-5-7-21(8-6-20)40-27(42)23-15-25-19(14-26(23)41)13-22(39-25)3-1-2-18-12-17(4-9-24(18)31(35,36)37)16-38-28(43)29(44)10-11-29/h4-9,12-15,39,41,44H,1-3,10-11,16H2,(H,38,43)(H,40,42). The molecule has 0 saturated heterocycles. The normalized spacial score (nSPS) is 14.4. The maximum atomic E-state index is 13.7. The Morgan fingerprint density at radius 1 is 0.886 bits per heavy atom. The molecule has 1 heterocycles. The van der Waals surface area contributed by atoms with Crippen LogP contribution < -0.4 is 10.6 Å². The summed E-state index contributed by atoms with van der Waals surface area (Å²) in [6, 6.07) is 11.9. The number of carbonyl (C=O) groups is 2. The van der Waals surface area contributed by atoms with E-state index in [-0.39, 0.29) is 35.5 Å². The molecule has 0 unspecified atom stereocenters. The van der Waals surface area contributed by atoms with Gasteiger partial charge in [-0.15, -0.1) is 0 Å². The summed E-state index contributed by atoms with van der Waals surface area (Å²) in [5.74, 6) is -1.66. The Bertz CT molecular complexity index is 1710. The Kier molecular flexibility index (Phi) is 8.10. The van der Waals surface area contributed by atoms with E-state index in [1.54, 1.807) is 6.07 Å². The molecule has 5 rings (SSSR count). The third-order valence-corrected chi connectivity index (χ3v) is 7.47. The van der Waals surface area contributed by atoms with Gasteiger partial charge in [-0.25, -0.2) is 0 Å². The monoisotopic (exact) mass is 619 g/mol. The van der Waals surface area contributed by atoms with Gasteiger partial charge in [0.1, 0.15) is 11.4 Å². The number of amides is 2. The third-order valence-electron chi connectivity index (χ3n) is 7.47. The summed E-state index contributed by atoms with van der Waals surface area (Å²) in [5, 5.41) is 25.9. The second-order valence-electron chi connectivity index (χ2n) is 10.8. The van der Waals surface area contributed by atoms with Crippen LogP contribution in [-0.2, 0) is 36.5 Å². The number of aromatic hydroxyl groups is 1. The fraction of sp³-hybridized carbons (Fsp3) is 0.290. The molecule has 44 heavy (non-hydrogen) atoms. The van der Waals surface area contributed by atoms with E-state index in [2.05, 4.69) is 15.6 Å². The molecule has 1 aromatic heterocycles. The van der Waals surface area contributed by atoms with E-state index >= 15 is 0 Å². The van der Waals surface area contributed by atoms with Gasteiger partial charge in [-0.05, 0) is 91.8 Å². The fourth-order valence-electron chi connectivity index (χ4n) is 4.89. The van der Waals surface area contributed by atoms with Crippen molar-refractivity contribution in [2.75, 3.05) is 5.32 Å². The van der Waals surface area contributed by atoms with Gasteiger partial charge >= 0.3 is 12.4 Å². The Balaban J connectivity index is 1.25. The van der Waals surface area contributed by atoms with Crippen molar-refractivity contribution >= 4 is 28.4 Å². The van der Waals surface area contributed by atoms with Crippen LogP contribution in [0.2, 0.25) is 0 Å². The van der Waals surface area contributed by atoms with Crippen LogP contribution in [0, 0.1) is 0 Å². The Morgan fingerprint density at radius 3 is 2.23 bits per heavy atom. The lowest BCUT2D eigenvalue weighted by Crippen LogP contribution is -2.35. The smallest absolute Gasteiger partial charge is 0.416 e. The zero-order valence-electron chi connectivity index (χ0n) is 23.0. The molecule has 13 heteroatoms. The number of hydrogen-bond donors (Lipinski definition) is 5. The van der Waals surface area contributed by atoms with Crippen molar-refractivity contribution in [2.45, 2.75) is 56.6 Å². The summed E-state index contributed by atoms with van der Waals surface area (Å²) in [4.78, 5) is 27.8. The summed E-state index contributed by atoms with van der Waals surface area (Å²) >= 11 is 0. The van der Waals surface area contributed by atoms with Crippen LogP contribution in [0.25, 0.3) is 10.9 Å². The Hall–Kier alpha value is -4.52. The minimum absolute atomic E-state index is 0.0213. The molecule has 0 radical (unpaired) electrons. The number of phenols is 1. The van der Waals surface area contributed by atoms with Crippen molar-refractivity contribution in [3.05, 3.63) is 94.2 Å². The van der Waals surface area contributed by atoms with Crippen LogP contribution >= 0.6 is 0 Å². The highest BCUT2D eigenvalue weighted by atomic mass is 19.4. The summed E-state index contributed by atoms with van der Waals surface area (Å²) in [7, 11) is 0. The SMILES string of the molecule is O=C(Nc1ccc(C(F)(F)F)cc1)c1cc2[nH]c(CCCc3cc(CNC(=O)C4(O)CC4)ccc3C(F)(F)F)cc2cc1O. The number of carbonyl (C=O) groups excluding carboxylic acids is 2. The van der Waals surface area contributed by atoms with E-state index in [1.807, 2.05) is 0 Å². The lowest BCUT2D eigenvalue weighted by molar-refractivity contribution is -0.138. The van der Waals surface area contributed by atoms with Crippen LogP contribution in [-0.4, -0.2) is 32.6 Å². The Morgan fingerprint density at radius 2 is 1.59 bits per heavy atom. The van der Waals surface area contributed by atoms with Gasteiger partial charge in [-0.1, -0.05) is 12.1 Å². The minimum Gasteiger partial charge on any atom is -0.507 e. The van der Waals surface area contributed by atoms with Gasteiger partial charge < -0.3 is 25.8 Å². The molecule has 7 nitrogen and oxygen atoms in total. The molecule has 2 amide bonds. The number of anilines is 1. The molecule has 0 spiro atoms. The fourth-order valence-corrected chi connectivity index (χ4v) is 4.89. The number of fused-ring (bicyclic) bond motifs is 1. The number of H-pyrrole nitrogens is 1. The first-order valence-corrected chi connectivity index (χ1v) is 13.7. The van der Waals surface area contributed by atoms with E-state index in [0.29, 0.717) is 47.8 Å². The van der Waals surface area contributed by atoms with Gasteiger partial charge in [0.2, 0.25) is 0 Å². The van der Waals surface area contributed by atoms with Gasteiger partial charge in [0, 0.05) is 28.8 Å². The highest BCUT2D eigenvalue weighted by Crippen LogP contribution is 2.36. The minimum atomic E-state index is -4.57. The third kappa shape index (κ3) is 6.99. The van der Waals surface area contributed by atoms with Crippen LogP contribution in [0.5, 0.6) is 5.75 Å². The molecule has 1 saturated carbocycles. The number of benzene rings is 3. The second-order valence-corrected chi connectivity index (χ2v) is 10.8. The van der Waals surface area contributed by atoms with Crippen molar-refractivity contribution in [3.63, 3.8) is 0 Å². The lowest BCUT2D eigenvalue weighted by atomic mass is 9.98. The van der Waals surface area contributed by atoms with Gasteiger partial charge in [0.15, 0.2) is 0 Å². The number of rotatable bonds is 9. The quantitative estimate of drug-likeness (QED) is 0.138. The molecular weight excluding hydrogens is 592 g/mol. The van der Waals surface area contributed by atoms with Crippen molar-refractivity contribution in [3.8, 4) is 5.75 Å². The summed E-state index contributed by atoms with van der Waals surface area (Å²) in [6.07, 6.45) is -7.67. The number of aliphatic hydroxyl groups is 1. The van der Waals surface area contributed by atoms with Crippen LogP contribution in [0.3, 0.4) is 0 Å². The maximum Gasteiger partial charge on any atom is 0.416 e. The van der Waals surface area contributed by atoms with E-state index < -0.39 is 40.9 Å². The number of aromatic amines is 1. The highest BCUT2D eigenvalue weighted by Gasteiger charge is 2.47. The number of aromatic nitrogens is 1. The Labute approximate surface area is 246 Å². The number of phenolic OH excluding ortho intramolecular Hbond substituents is 1. The first kappa shape index (κ1) is 30.9. The lowest BCUT2D eigenvalue weighted by Gasteiger charge is -2.15. The number of hydrogen-bond acceptors (Lipinski definition) is 4. The number of alkyl halides is 6. The molecule has 0 atom stereocenters. The van der Waals surface area contributed by atoms with Gasteiger partial charge in [-0.3, -0.25) is 9.59 Å². The number of halogens is 6. The zero-order chi connectivity index (χ0) is 31.9. The second kappa shape index (κ2) is 11.5. The molecule has 5 N–H and O–H groups in total. The average Bonchev–Trinajstić information content (AvgIpc) is 3.58. The average molecular weight is 620 g/mol. The van der Waals surface area contributed by atoms with Gasteiger partial charge in [0.25, 0.3) is 11.8 Å². The first-order valence-electron chi connectivity index (χ1n) is 13.7. The van der Waals surface area contributed by atoms with Crippen LogP contribution in [0.4, 0.5) is 32.0 Å². The molecule has 1 fully saturated rings. The van der Waals surface area contributed by atoms with Gasteiger partial charge in [0.05, 0.1) is 16.7 Å². The summed E-state index contributed by atoms with van der Waals surface area (Å²) in [5.41, 5.74) is -1.42. The molecule has 1 aliphatic carbocycles. The molecule has 232 valence electrons. The number of aryl methyl sites for hydroxylation is 2.